The van der Waals surface area contributed by atoms with Gasteiger partial charge in [-0.2, -0.15) is 0 Å². The summed E-state index contributed by atoms with van der Waals surface area (Å²) in [7, 11) is 0. The summed E-state index contributed by atoms with van der Waals surface area (Å²) in [6.45, 7) is 0. The summed E-state index contributed by atoms with van der Waals surface area (Å²) in [5.74, 6) is 0. The molecule has 198 valence electrons. The second kappa shape index (κ2) is 10.2. The molecule has 0 saturated carbocycles. The molecule has 0 saturated heterocycles. The van der Waals surface area contributed by atoms with Crippen LogP contribution in [0.1, 0.15) is 0 Å². The van der Waals surface area contributed by atoms with E-state index in [1.807, 2.05) is 0 Å². The topological polar surface area (TPSA) is 4.93 Å². The maximum atomic E-state index is 3.59. The Morgan fingerprint density at radius 1 is 0.357 bits per heavy atom. The number of halogens is 1. The van der Waals surface area contributed by atoms with Gasteiger partial charge in [0.2, 0.25) is 0 Å². The highest BCUT2D eigenvalue weighted by Gasteiger charge is 2.14. The van der Waals surface area contributed by atoms with Gasteiger partial charge in [0.15, 0.2) is 0 Å². The Morgan fingerprint density at radius 2 is 0.929 bits per heavy atom. The minimum atomic E-state index is 1.10. The number of fused-ring (bicyclic) bond motifs is 4. The number of rotatable bonds is 4. The second-order valence-corrected chi connectivity index (χ2v) is 11.7. The minimum absolute atomic E-state index is 1.10. The van der Waals surface area contributed by atoms with Crippen molar-refractivity contribution in [3.8, 4) is 39.1 Å². The highest BCUT2D eigenvalue weighted by Crippen LogP contribution is 2.36. The summed E-state index contributed by atoms with van der Waals surface area (Å²) in [5.41, 5.74) is 10.9. The van der Waals surface area contributed by atoms with Gasteiger partial charge in [0.1, 0.15) is 0 Å². The van der Waals surface area contributed by atoms with E-state index >= 15 is 0 Å². The number of aromatic nitrogens is 1. The predicted molar refractivity (Wildman–Crippen MR) is 182 cm³/mol. The van der Waals surface area contributed by atoms with Gasteiger partial charge in [-0.1, -0.05) is 119 Å². The zero-order valence-corrected chi connectivity index (χ0v) is 24.4. The number of nitrogens with zero attached hydrogens (tertiary/aromatic N) is 1. The molecule has 0 amide bonds. The molecular weight excluding hydrogens is 574 g/mol. The summed E-state index contributed by atoms with van der Waals surface area (Å²) in [4.78, 5) is 0. The van der Waals surface area contributed by atoms with E-state index < -0.39 is 0 Å². The van der Waals surface area contributed by atoms with Gasteiger partial charge in [-0.25, -0.2) is 0 Å². The van der Waals surface area contributed by atoms with Gasteiger partial charge in [0.25, 0.3) is 0 Å². The highest BCUT2D eigenvalue weighted by atomic mass is 79.9. The first kappa shape index (κ1) is 24.8. The average molecular weight is 601 g/mol. The molecule has 1 aromatic heterocycles. The fourth-order valence-corrected chi connectivity index (χ4v) is 6.52. The van der Waals surface area contributed by atoms with Gasteiger partial charge in [-0.05, 0) is 98.8 Å². The summed E-state index contributed by atoms with van der Waals surface area (Å²) in [6, 6.07) is 57.1. The van der Waals surface area contributed by atoms with Gasteiger partial charge < -0.3 is 4.57 Å². The number of hydrogen-bond donors (Lipinski definition) is 0. The number of para-hydroxylation sites is 1. The maximum absolute atomic E-state index is 3.59. The van der Waals surface area contributed by atoms with Crippen molar-refractivity contribution >= 4 is 48.5 Å². The standard InChI is InChI=1S/C40H26BrN/c41-35-19-15-32-24-31(13-14-33(32)25-35)29-9-6-10-30(23-29)34-18-22-40-38(26-34)37-11-4-5-12-39(37)42(40)36-20-16-28(17-21-36)27-7-2-1-3-8-27/h1-26H. The summed E-state index contributed by atoms with van der Waals surface area (Å²) in [6.07, 6.45) is 0. The molecule has 0 fully saturated rings. The second-order valence-electron chi connectivity index (χ2n) is 10.8. The van der Waals surface area contributed by atoms with Crippen LogP contribution >= 0.6 is 15.9 Å². The van der Waals surface area contributed by atoms with Crippen LogP contribution in [-0.2, 0) is 0 Å². The zero-order valence-electron chi connectivity index (χ0n) is 22.8. The monoisotopic (exact) mass is 599 g/mol. The van der Waals surface area contributed by atoms with E-state index in [1.165, 1.54) is 71.6 Å². The van der Waals surface area contributed by atoms with E-state index in [2.05, 4.69) is 178 Å². The molecule has 0 aliphatic carbocycles. The first-order valence-corrected chi connectivity index (χ1v) is 15.0. The van der Waals surface area contributed by atoms with Crippen molar-refractivity contribution in [1.82, 2.24) is 4.57 Å². The molecule has 0 aliphatic rings. The lowest BCUT2D eigenvalue weighted by molar-refractivity contribution is 1.18. The molecule has 1 nitrogen and oxygen atoms in total. The van der Waals surface area contributed by atoms with Gasteiger partial charge in [0.05, 0.1) is 11.0 Å². The Labute approximate surface area is 253 Å². The van der Waals surface area contributed by atoms with Gasteiger partial charge in [-0.15, -0.1) is 0 Å². The summed E-state index contributed by atoms with van der Waals surface area (Å²) in [5, 5.41) is 5.00. The van der Waals surface area contributed by atoms with Crippen LogP contribution in [0.15, 0.2) is 162 Å². The molecule has 0 N–H and O–H groups in total. The summed E-state index contributed by atoms with van der Waals surface area (Å²) >= 11 is 3.59. The zero-order chi connectivity index (χ0) is 28.0. The van der Waals surface area contributed by atoms with Crippen molar-refractivity contribution in [3.05, 3.63) is 162 Å². The van der Waals surface area contributed by atoms with Crippen molar-refractivity contribution in [2.24, 2.45) is 0 Å². The molecular formula is C40H26BrN. The van der Waals surface area contributed by atoms with E-state index in [0.29, 0.717) is 0 Å². The van der Waals surface area contributed by atoms with Crippen LogP contribution in [-0.4, -0.2) is 4.57 Å². The van der Waals surface area contributed by atoms with Crippen LogP contribution in [0, 0.1) is 0 Å². The largest absolute Gasteiger partial charge is 0.309 e. The lowest BCUT2D eigenvalue weighted by Crippen LogP contribution is -1.93. The van der Waals surface area contributed by atoms with E-state index in [4.69, 9.17) is 0 Å². The normalized spacial score (nSPS) is 11.5. The van der Waals surface area contributed by atoms with Crippen LogP contribution in [0.2, 0.25) is 0 Å². The van der Waals surface area contributed by atoms with Crippen LogP contribution in [0.3, 0.4) is 0 Å². The molecule has 1 heterocycles. The van der Waals surface area contributed by atoms with Crippen molar-refractivity contribution < 1.29 is 0 Å². The number of hydrogen-bond acceptors (Lipinski definition) is 0. The third-order valence-corrected chi connectivity index (χ3v) is 8.73. The van der Waals surface area contributed by atoms with E-state index in [-0.39, 0.29) is 0 Å². The summed E-state index contributed by atoms with van der Waals surface area (Å²) < 4.78 is 3.48. The molecule has 0 spiro atoms. The molecule has 2 heteroatoms. The minimum Gasteiger partial charge on any atom is -0.309 e. The molecule has 0 unspecified atom stereocenters. The Balaban J connectivity index is 1.22. The fourth-order valence-electron chi connectivity index (χ4n) is 6.14. The molecule has 42 heavy (non-hydrogen) atoms. The molecule has 0 radical (unpaired) electrons. The smallest absolute Gasteiger partial charge is 0.0541 e. The lowest BCUT2D eigenvalue weighted by atomic mass is 9.96. The van der Waals surface area contributed by atoms with E-state index in [1.54, 1.807) is 0 Å². The quantitative estimate of drug-likeness (QED) is 0.189. The molecule has 8 rings (SSSR count). The lowest BCUT2D eigenvalue weighted by Gasteiger charge is -2.10. The Kier molecular flexibility index (Phi) is 6.01. The fraction of sp³-hybridized carbons (Fsp3) is 0. The van der Waals surface area contributed by atoms with Gasteiger partial charge >= 0.3 is 0 Å². The Morgan fingerprint density at radius 3 is 1.76 bits per heavy atom. The Bertz CT molecular complexity index is 2240. The molecule has 0 aliphatic heterocycles. The molecule has 0 bridgehead atoms. The van der Waals surface area contributed by atoms with Crippen LogP contribution < -0.4 is 0 Å². The van der Waals surface area contributed by atoms with Crippen molar-refractivity contribution in [2.45, 2.75) is 0 Å². The van der Waals surface area contributed by atoms with Gasteiger partial charge in [-0.3, -0.25) is 0 Å². The molecule has 8 aromatic rings. The van der Waals surface area contributed by atoms with E-state index in [9.17, 15) is 0 Å². The van der Waals surface area contributed by atoms with Crippen LogP contribution in [0.4, 0.5) is 0 Å². The number of benzene rings is 7. The van der Waals surface area contributed by atoms with Crippen molar-refractivity contribution in [1.29, 1.82) is 0 Å². The SMILES string of the molecule is Brc1ccc2cc(-c3cccc(-c4ccc5c(c4)c4ccccc4n5-c4ccc(-c5ccccc5)cc4)c3)ccc2c1. The third-order valence-electron chi connectivity index (χ3n) is 8.24. The first-order valence-electron chi connectivity index (χ1n) is 14.2. The predicted octanol–water partition coefficient (Wildman–Crippen LogP) is 11.7. The van der Waals surface area contributed by atoms with Gasteiger partial charge in [0, 0.05) is 20.9 Å². The van der Waals surface area contributed by atoms with Crippen LogP contribution in [0.5, 0.6) is 0 Å². The first-order chi connectivity index (χ1) is 20.7. The van der Waals surface area contributed by atoms with Crippen molar-refractivity contribution in [2.75, 3.05) is 0 Å². The van der Waals surface area contributed by atoms with Crippen LogP contribution in [0.25, 0.3) is 71.6 Å². The van der Waals surface area contributed by atoms with Crippen molar-refractivity contribution in [3.63, 3.8) is 0 Å². The highest BCUT2D eigenvalue weighted by molar-refractivity contribution is 9.10. The Hall–Kier alpha value is -4.92. The molecule has 7 aromatic carbocycles. The van der Waals surface area contributed by atoms with E-state index in [0.717, 1.165) is 4.47 Å². The maximum Gasteiger partial charge on any atom is 0.0541 e. The average Bonchev–Trinajstić information content (AvgIpc) is 3.39. The third kappa shape index (κ3) is 4.32. The molecule has 0 atom stereocenters.